The summed E-state index contributed by atoms with van der Waals surface area (Å²) in [6, 6.07) is 0. The maximum atomic E-state index is 10.8. The van der Waals surface area contributed by atoms with Gasteiger partial charge in [-0.2, -0.15) is 0 Å². The van der Waals surface area contributed by atoms with E-state index in [1.54, 1.807) is 0 Å². The molecule has 0 aromatic rings. The molecule has 1 unspecified atom stereocenters. The van der Waals surface area contributed by atoms with Crippen molar-refractivity contribution in [1.29, 1.82) is 0 Å². The van der Waals surface area contributed by atoms with Crippen molar-refractivity contribution in [3.63, 3.8) is 0 Å². The van der Waals surface area contributed by atoms with Crippen molar-refractivity contribution in [3.05, 3.63) is 12.7 Å². The Hall–Kier alpha value is -0.540. The zero-order valence-corrected chi connectivity index (χ0v) is 9.47. The lowest BCUT2D eigenvalue weighted by molar-refractivity contribution is -0.873. The van der Waals surface area contributed by atoms with Gasteiger partial charge in [0, 0.05) is 6.08 Å². The van der Waals surface area contributed by atoms with Crippen LogP contribution >= 0.6 is 0 Å². The van der Waals surface area contributed by atoms with Gasteiger partial charge in [0.1, 0.15) is 12.6 Å². The van der Waals surface area contributed by atoms with E-state index in [9.17, 15) is 4.79 Å². The van der Waals surface area contributed by atoms with Crippen LogP contribution in [0.1, 0.15) is 6.92 Å². The Morgan fingerprint density at radius 1 is 1.54 bits per heavy atom. The molecular formula is C9H18ClNO2. The number of likely N-dealkylation sites (N-methyl/N-ethyl adjacent to an activating group) is 1. The Morgan fingerprint density at radius 2 is 2.00 bits per heavy atom. The van der Waals surface area contributed by atoms with Crippen LogP contribution < -0.4 is 12.4 Å². The van der Waals surface area contributed by atoms with Gasteiger partial charge in [0.25, 0.3) is 0 Å². The number of esters is 1. The van der Waals surface area contributed by atoms with Crippen molar-refractivity contribution in [2.45, 2.75) is 13.0 Å². The van der Waals surface area contributed by atoms with Crippen LogP contribution in [-0.2, 0) is 9.53 Å². The molecule has 0 saturated carbocycles. The second-order valence-electron chi connectivity index (χ2n) is 3.92. The third-order valence-electron chi connectivity index (χ3n) is 1.29. The summed E-state index contributed by atoms with van der Waals surface area (Å²) in [4.78, 5) is 10.8. The highest BCUT2D eigenvalue weighted by Gasteiger charge is 2.15. The Balaban J connectivity index is 0. The van der Waals surface area contributed by atoms with Crippen molar-refractivity contribution < 1.29 is 26.4 Å². The fourth-order valence-corrected chi connectivity index (χ4v) is 1.05. The van der Waals surface area contributed by atoms with Crippen molar-refractivity contribution in [1.82, 2.24) is 0 Å². The average molecular weight is 208 g/mol. The first-order valence-electron chi connectivity index (χ1n) is 3.98. The van der Waals surface area contributed by atoms with Crippen molar-refractivity contribution >= 4 is 5.97 Å². The van der Waals surface area contributed by atoms with Crippen LogP contribution in [-0.4, -0.2) is 44.2 Å². The SMILES string of the molecule is C=CC(=O)OC(C)C[N+](C)(C)C.[Cl-]. The number of nitrogens with zero attached hydrogens (tertiary/aromatic N) is 1. The second-order valence-corrected chi connectivity index (χ2v) is 3.92. The number of carbonyl (C=O) groups excluding carboxylic acids is 1. The van der Waals surface area contributed by atoms with Gasteiger partial charge in [-0.3, -0.25) is 0 Å². The number of quaternary nitrogens is 1. The molecule has 4 heteroatoms. The molecule has 0 rings (SSSR count). The van der Waals surface area contributed by atoms with Crippen LogP contribution in [0.15, 0.2) is 12.7 Å². The van der Waals surface area contributed by atoms with E-state index in [1.807, 2.05) is 6.92 Å². The van der Waals surface area contributed by atoms with Crippen LogP contribution in [0.2, 0.25) is 0 Å². The summed E-state index contributed by atoms with van der Waals surface area (Å²) >= 11 is 0. The Bertz CT molecular complexity index is 175. The molecule has 78 valence electrons. The summed E-state index contributed by atoms with van der Waals surface area (Å²) in [5.74, 6) is -0.351. The van der Waals surface area contributed by atoms with Gasteiger partial charge in [0.2, 0.25) is 0 Å². The molecule has 0 aliphatic carbocycles. The van der Waals surface area contributed by atoms with Gasteiger partial charge >= 0.3 is 5.97 Å². The number of hydrogen-bond donors (Lipinski definition) is 0. The number of halogens is 1. The van der Waals surface area contributed by atoms with Crippen LogP contribution in [0.4, 0.5) is 0 Å². The normalized spacial score (nSPS) is 12.6. The van der Waals surface area contributed by atoms with Gasteiger partial charge in [-0.15, -0.1) is 0 Å². The van der Waals surface area contributed by atoms with Crippen LogP contribution in [0, 0.1) is 0 Å². The van der Waals surface area contributed by atoms with Crippen molar-refractivity contribution in [3.8, 4) is 0 Å². The first-order chi connectivity index (χ1) is 5.35. The highest BCUT2D eigenvalue weighted by atomic mass is 35.5. The molecule has 0 N–H and O–H groups in total. The van der Waals surface area contributed by atoms with Gasteiger partial charge in [-0.25, -0.2) is 4.79 Å². The average Bonchev–Trinajstić information content (AvgIpc) is 1.82. The van der Waals surface area contributed by atoms with E-state index in [0.717, 1.165) is 11.0 Å². The highest BCUT2D eigenvalue weighted by Crippen LogP contribution is 1.99. The van der Waals surface area contributed by atoms with Crippen LogP contribution in [0.5, 0.6) is 0 Å². The molecule has 0 spiro atoms. The molecule has 13 heavy (non-hydrogen) atoms. The molecular weight excluding hydrogens is 190 g/mol. The molecule has 0 heterocycles. The minimum atomic E-state index is -0.351. The third-order valence-corrected chi connectivity index (χ3v) is 1.29. The molecule has 0 aromatic heterocycles. The number of ether oxygens (including phenoxy) is 1. The monoisotopic (exact) mass is 207 g/mol. The van der Waals surface area contributed by atoms with Gasteiger partial charge in [0.15, 0.2) is 0 Å². The maximum Gasteiger partial charge on any atom is 0.330 e. The van der Waals surface area contributed by atoms with Crippen molar-refractivity contribution in [2.24, 2.45) is 0 Å². The van der Waals surface area contributed by atoms with Crippen LogP contribution in [0.25, 0.3) is 0 Å². The lowest BCUT2D eigenvalue weighted by Gasteiger charge is -2.26. The molecule has 0 amide bonds. The topological polar surface area (TPSA) is 26.3 Å². The standard InChI is InChI=1S/C9H18NO2.ClH/c1-6-9(11)12-8(2)7-10(3,4)5;/h6,8H,1,7H2,2-5H3;1H/q+1;/p-1. The van der Waals surface area contributed by atoms with Gasteiger partial charge in [-0.05, 0) is 6.92 Å². The van der Waals surface area contributed by atoms with Gasteiger partial charge in [-0.1, -0.05) is 6.58 Å². The fourth-order valence-electron chi connectivity index (χ4n) is 1.05. The molecule has 0 bridgehead atoms. The Labute approximate surface area is 86.4 Å². The Kier molecular flexibility index (Phi) is 6.90. The van der Waals surface area contributed by atoms with E-state index in [-0.39, 0.29) is 24.5 Å². The highest BCUT2D eigenvalue weighted by molar-refractivity contribution is 5.81. The Morgan fingerprint density at radius 3 is 2.31 bits per heavy atom. The lowest BCUT2D eigenvalue weighted by atomic mass is 10.3. The predicted molar refractivity (Wildman–Crippen MR) is 48.7 cm³/mol. The largest absolute Gasteiger partial charge is 1.00 e. The van der Waals surface area contributed by atoms with E-state index in [0.29, 0.717) is 0 Å². The predicted octanol–water partition coefficient (Wildman–Crippen LogP) is -2.19. The lowest BCUT2D eigenvalue weighted by Crippen LogP contribution is -3.00. The smallest absolute Gasteiger partial charge is 0.330 e. The summed E-state index contributed by atoms with van der Waals surface area (Å²) in [5, 5.41) is 0. The zero-order valence-electron chi connectivity index (χ0n) is 8.71. The fraction of sp³-hybridized carbons (Fsp3) is 0.667. The quantitative estimate of drug-likeness (QED) is 0.298. The molecule has 3 nitrogen and oxygen atoms in total. The minimum absolute atomic E-state index is 0. The molecule has 1 atom stereocenters. The molecule has 0 saturated heterocycles. The van der Waals surface area contributed by atoms with Gasteiger partial charge < -0.3 is 21.6 Å². The van der Waals surface area contributed by atoms with E-state index in [2.05, 4.69) is 27.7 Å². The number of carbonyl (C=O) groups is 1. The number of rotatable bonds is 4. The van der Waals surface area contributed by atoms with Gasteiger partial charge in [0.05, 0.1) is 21.1 Å². The third kappa shape index (κ3) is 9.37. The molecule has 0 aliphatic heterocycles. The summed E-state index contributed by atoms with van der Waals surface area (Å²) in [5.41, 5.74) is 0. The molecule has 0 aromatic carbocycles. The van der Waals surface area contributed by atoms with Crippen LogP contribution in [0.3, 0.4) is 0 Å². The molecule has 0 radical (unpaired) electrons. The number of hydrogen-bond acceptors (Lipinski definition) is 2. The van der Waals surface area contributed by atoms with E-state index in [1.165, 1.54) is 6.08 Å². The first kappa shape index (κ1) is 15.0. The van der Waals surface area contributed by atoms with E-state index < -0.39 is 0 Å². The summed E-state index contributed by atoms with van der Waals surface area (Å²) < 4.78 is 5.79. The van der Waals surface area contributed by atoms with E-state index >= 15 is 0 Å². The summed E-state index contributed by atoms with van der Waals surface area (Å²) in [7, 11) is 6.16. The minimum Gasteiger partial charge on any atom is -1.00 e. The van der Waals surface area contributed by atoms with E-state index in [4.69, 9.17) is 4.74 Å². The summed E-state index contributed by atoms with van der Waals surface area (Å²) in [6.45, 7) is 6.02. The maximum absolute atomic E-state index is 10.8. The zero-order chi connectivity index (χ0) is 9.78. The molecule has 0 fully saturated rings. The first-order valence-corrected chi connectivity index (χ1v) is 3.98. The summed E-state index contributed by atoms with van der Waals surface area (Å²) in [6.07, 6.45) is 1.13. The molecule has 0 aliphatic rings. The van der Waals surface area contributed by atoms with Crippen molar-refractivity contribution in [2.75, 3.05) is 27.7 Å². The second kappa shape index (κ2) is 6.00.